The van der Waals surface area contributed by atoms with Crippen molar-refractivity contribution in [3.8, 4) is 0 Å². The van der Waals surface area contributed by atoms with Crippen LogP contribution >= 0.6 is 11.3 Å². The van der Waals surface area contributed by atoms with Crippen molar-refractivity contribution in [2.24, 2.45) is 0 Å². The molecule has 8 heteroatoms. The first-order valence-electron chi connectivity index (χ1n) is 5.52. The summed E-state index contributed by atoms with van der Waals surface area (Å²) in [6, 6.07) is 0. The molecule has 98 valence electrons. The van der Waals surface area contributed by atoms with Gasteiger partial charge in [-0.1, -0.05) is 0 Å². The van der Waals surface area contributed by atoms with Crippen LogP contribution in [0.3, 0.4) is 0 Å². The van der Waals surface area contributed by atoms with Crippen LogP contribution in [0, 0.1) is 0 Å². The van der Waals surface area contributed by atoms with Gasteiger partial charge in [0.2, 0.25) is 5.91 Å². The van der Waals surface area contributed by atoms with Gasteiger partial charge in [0, 0.05) is 25.4 Å². The number of nitrogens with zero attached hydrogens (tertiary/aromatic N) is 2. The molecule has 0 saturated carbocycles. The van der Waals surface area contributed by atoms with E-state index in [2.05, 4.69) is 20.7 Å². The third-order valence-corrected chi connectivity index (χ3v) is 3.26. The molecule has 0 spiro atoms. The zero-order valence-electron chi connectivity index (χ0n) is 9.93. The molecule has 0 atom stereocenters. The van der Waals surface area contributed by atoms with E-state index in [9.17, 15) is 9.59 Å². The summed E-state index contributed by atoms with van der Waals surface area (Å²) in [5.41, 5.74) is 4.80. The third-order valence-electron chi connectivity index (χ3n) is 2.36. The normalized spacial score (nSPS) is 15.3. The molecule has 0 aromatic carbocycles. The molecule has 0 bridgehead atoms. The smallest absolute Gasteiger partial charge is 0.289 e. The molecule has 2 rings (SSSR count). The third kappa shape index (κ3) is 3.17. The van der Waals surface area contributed by atoms with E-state index in [1.54, 1.807) is 5.38 Å². The van der Waals surface area contributed by atoms with Gasteiger partial charge in [-0.25, -0.2) is 4.98 Å². The van der Waals surface area contributed by atoms with Gasteiger partial charge in [-0.2, -0.15) is 0 Å². The van der Waals surface area contributed by atoms with E-state index in [1.807, 2.05) is 0 Å². The summed E-state index contributed by atoms with van der Waals surface area (Å²) in [7, 11) is 0. The number of anilines is 1. The summed E-state index contributed by atoms with van der Waals surface area (Å²) in [4.78, 5) is 28.6. The van der Waals surface area contributed by atoms with Crippen molar-refractivity contribution in [3.63, 3.8) is 0 Å². The highest BCUT2D eigenvalue weighted by molar-refractivity contribution is 7.13. The summed E-state index contributed by atoms with van der Waals surface area (Å²) >= 11 is 1.40. The number of carbonyl (C=O) groups excluding carboxylic acids is 2. The topological polar surface area (TPSA) is 83.6 Å². The lowest BCUT2D eigenvalue weighted by molar-refractivity contribution is -0.119. The summed E-state index contributed by atoms with van der Waals surface area (Å²) in [5, 5.41) is 2.47. The van der Waals surface area contributed by atoms with Gasteiger partial charge in [0.05, 0.1) is 13.2 Å². The first kappa shape index (κ1) is 12.8. The van der Waals surface area contributed by atoms with Crippen molar-refractivity contribution in [2.75, 3.05) is 31.2 Å². The Morgan fingerprint density at radius 3 is 2.78 bits per heavy atom. The van der Waals surface area contributed by atoms with Crippen LogP contribution < -0.4 is 15.8 Å². The average molecular weight is 270 g/mol. The molecule has 1 saturated heterocycles. The number of amides is 2. The molecular formula is C10H14N4O3S. The van der Waals surface area contributed by atoms with Crippen LogP contribution in [0.5, 0.6) is 0 Å². The molecule has 1 aromatic rings. The van der Waals surface area contributed by atoms with Crippen LogP contribution in [-0.2, 0) is 9.53 Å². The fourth-order valence-corrected chi connectivity index (χ4v) is 2.34. The van der Waals surface area contributed by atoms with Gasteiger partial charge in [0.1, 0.15) is 5.69 Å². The Labute approximate surface area is 108 Å². The fraction of sp³-hybridized carbons (Fsp3) is 0.500. The van der Waals surface area contributed by atoms with Crippen LogP contribution in [-0.4, -0.2) is 43.1 Å². The Balaban J connectivity index is 1.96. The van der Waals surface area contributed by atoms with Crippen molar-refractivity contribution in [1.82, 2.24) is 15.8 Å². The summed E-state index contributed by atoms with van der Waals surface area (Å²) in [6.45, 7) is 4.22. The van der Waals surface area contributed by atoms with Crippen molar-refractivity contribution in [3.05, 3.63) is 11.1 Å². The standard InChI is InChI=1S/C10H14N4O3S/c1-7(15)12-13-9(16)8-6-18-10(11-8)14-2-4-17-5-3-14/h6H,2-5H2,1H3,(H,12,15)(H,13,16). The van der Waals surface area contributed by atoms with E-state index < -0.39 is 5.91 Å². The largest absolute Gasteiger partial charge is 0.378 e. The molecule has 1 aliphatic heterocycles. The first-order chi connectivity index (χ1) is 8.66. The molecule has 18 heavy (non-hydrogen) atoms. The van der Waals surface area contributed by atoms with E-state index in [4.69, 9.17) is 4.74 Å². The lowest BCUT2D eigenvalue weighted by Crippen LogP contribution is -2.40. The second kappa shape index (κ2) is 5.78. The number of aromatic nitrogens is 1. The number of carbonyl (C=O) groups is 2. The minimum absolute atomic E-state index is 0.301. The molecule has 7 nitrogen and oxygen atoms in total. The number of hydrazine groups is 1. The number of thiazole rings is 1. The van der Waals surface area contributed by atoms with Crippen LogP contribution in [0.25, 0.3) is 0 Å². The Kier molecular flexibility index (Phi) is 4.11. The number of hydrogen-bond donors (Lipinski definition) is 2. The van der Waals surface area contributed by atoms with Crippen molar-refractivity contribution >= 4 is 28.3 Å². The monoisotopic (exact) mass is 270 g/mol. The second-order valence-electron chi connectivity index (χ2n) is 3.75. The molecule has 2 amide bonds. The van der Waals surface area contributed by atoms with Gasteiger partial charge >= 0.3 is 0 Å². The predicted molar refractivity (Wildman–Crippen MR) is 66.4 cm³/mol. The van der Waals surface area contributed by atoms with Gasteiger partial charge < -0.3 is 9.64 Å². The minimum atomic E-state index is -0.416. The second-order valence-corrected chi connectivity index (χ2v) is 4.59. The Morgan fingerprint density at radius 2 is 2.11 bits per heavy atom. The molecular weight excluding hydrogens is 256 g/mol. The Hall–Kier alpha value is -1.67. The Bertz CT molecular complexity index is 442. The maximum Gasteiger partial charge on any atom is 0.289 e. The lowest BCUT2D eigenvalue weighted by atomic mass is 10.4. The van der Waals surface area contributed by atoms with Gasteiger partial charge in [-0.05, 0) is 0 Å². The number of morpholine rings is 1. The van der Waals surface area contributed by atoms with E-state index in [-0.39, 0.29) is 5.91 Å². The zero-order chi connectivity index (χ0) is 13.0. The van der Waals surface area contributed by atoms with Crippen molar-refractivity contribution in [2.45, 2.75) is 6.92 Å². The van der Waals surface area contributed by atoms with Gasteiger partial charge in [0.25, 0.3) is 5.91 Å². The molecule has 1 aromatic heterocycles. The predicted octanol–water partition coefficient (Wildman–Crippen LogP) is -0.239. The van der Waals surface area contributed by atoms with Gasteiger partial charge in [-0.15, -0.1) is 11.3 Å². The van der Waals surface area contributed by atoms with Crippen LogP contribution in [0.4, 0.5) is 5.13 Å². The van der Waals surface area contributed by atoms with Crippen molar-refractivity contribution in [1.29, 1.82) is 0 Å². The van der Waals surface area contributed by atoms with Gasteiger partial charge in [0.15, 0.2) is 5.13 Å². The summed E-state index contributed by atoms with van der Waals surface area (Å²) in [5.74, 6) is -0.743. The summed E-state index contributed by atoms with van der Waals surface area (Å²) in [6.07, 6.45) is 0. The molecule has 1 aliphatic rings. The number of nitrogens with one attached hydrogen (secondary N) is 2. The van der Waals surface area contributed by atoms with Crippen molar-refractivity contribution < 1.29 is 14.3 Å². The maximum absolute atomic E-state index is 11.6. The molecule has 0 unspecified atom stereocenters. The van der Waals surface area contributed by atoms with E-state index >= 15 is 0 Å². The van der Waals surface area contributed by atoms with Gasteiger partial charge in [-0.3, -0.25) is 20.4 Å². The van der Waals surface area contributed by atoms with Crippen LogP contribution in [0.15, 0.2) is 5.38 Å². The lowest BCUT2D eigenvalue weighted by Gasteiger charge is -2.25. The van der Waals surface area contributed by atoms with Crippen LogP contribution in [0.1, 0.15) is 17.4 Å². The SMILES string of the molecule is CC(=O)NNC(=O)c1csc(N2CCOCC2)n1. The van der Waals surface area contributed by atoms with Crippen LogP contribution in [0.2, 0.25) is 0 Å². The highest BCUT2D eigenvalue weighted by Gasteiger charge is 2.17. The molecule has 2 heterocycles. The summed E-state index contributed by atoms with van der Waals surface area (Å²) < 4.78 is 5.25. The van der Waals surface area contributed by atoms with E-state index in [0.29, 0.717) is 18.9 Å². The highest BCUT2D eigenvalue weighted by atomic mass is 32.1. The first-order valence-corrected chi connectivity index (χ1v) is 6.40. The quantitative estimate of drug-likeness (QED) is 0.725. The number of hydrogen-bond acceptors (Lipinski definition) is 6. The van der Waals surface area contributed by atoms with E-state index in [1.165, 1.54) is 18.3 Å². The molecule has 0 aliphatic carbocycles. The molecule has 0 radical (unpaired) electrons. The van der Waals surface area contributed by atoms with E-state index in [0.717, 1.165) is 18.2 Å². The number of ether oxygens (including phenoxy) is 1. The molecule has 1 fully saturated rings. The average Bonchev–Trinajstić information content (AvgIpc) is 2.86. The fourth-order valence-electron chi connectivity index (χ4n) is 1.48. The minimum Gasteiger partial charge on any atom is -0.378 e. The highest BCUT2D eigenvalue weighted by Crippen LogP contribution is 2.21. The maximum atomic E-state index is 11.6. The number of rotatable bonds is 2. The molecule has 2 N–H and O–H groups in total. The Morgan fingerprint density at radius 1 is 1.39 bits per heavy atom. The zero-order valence-corrected chi connectivity index (χ0v) is 10.7.